The summed E-state index contributed by atoms with van der Waals surface area (Å²) in [5.74, 6) is 1.32. The molecule has 0 aliphatic carbocycles. The molecule has 3 aromatic heterocycles. The lowest BCUT2D eigenvalue weighted by atomic mass is 10.0. The van der Waals surface area contributed by atoms with Gasteiger partial charge in [-0.15, -0.1) is 11.3 Å². The second-order valence-electron chi connectivity index (χ2n) is 6.27. The lowest BCUT2D eigenvalue weighted by Gasteiger charge is -2.18. The van der Waals surface area contributed by atoms with Gasteiger partial charge >= 0.3 is 0 Å². The molecule has 0 aromatic carbocycles. The summed E-state index contributed by atoms with van der Waals surface area (Å²) in [6.07, 6.45) is 3.40. The van der Waals surface area contributed by atoms with Gasteiger partial charge in [0.2, 0.25) is 0 Å². The number of fused-ring (bicyclic) bond motifs is 1. The zero-order valence-corrected chi connectivity index (χ0v) is 15.8. The van der Waals surface area contributed by atoms with Crippen LogP contribution >= 0.6 is 11.3 Å². The maximum atomic E-state index is 13.0. The standard InChI is InChI=1S/C19H18N4O2S/c1-10-5-15(13-6-14(25-4)8-20-7-13)22-18-11(2)23(19(24)17(10)18)16-9-26-12(3)21-16/h5-9,11H,1-4H3. The predicted molar refractivity (Wildman–Crippen MR) is 101 cm³/mol. The van der Waals surface area contributed by atoms with E-state index in [0.29, 0.717) is 17.1 Å². The van der Waals surface area contributed by atoms with Crippen LogP contribution in [-0.2, 0) is 0 Å². The van der Waals surface area contributed by atoms with Gasteiger partial charge in [-0.05, 0) is 38.5 Å². The number of hydrogen-bond donors (Lipinski definition) is 0. The van der Waals surface area contributed by atoms with Gasteiger partial charge in [-0.2, -0.15) is 0 Å². The van der Waals surface area contributed by atoms with E-state index in [1.165, 1.54) is 11.3 Å². The van der Waals surface area contributed by atoms with E-state index in [9.17, 15) is 4.79 Å². The van der Waals surface area contributed by atoms with Gasteiger partial charge in [-0.1, -0.05) is 0 Å². The van der Waals surface area contributed by atoms with Gasteiger partial charge in [0.05, 0.1) is 41.3 Å². The summed E-state index contributed by atoms with van der Waals surface area (Å²) >= 11 is 1.53. The van der Waals surface area contributed by atoms with Crippen molar-refractivity contribution in [1.29, 1.82) is 0 Å². The summed E-state index contributed by atoms with van der Waals surface area (Å²) < 4.78 is 5.25. The summed E-state index contributed by atoms with van der Waals surface area (Å²) in [5, 5.41) is 2.85. The molecular weight excluding hydrogens is 348 g/mol. The third kappa shape index (κ3) is 2.55. The second-order valence-corrected chi connectivity index (χ2v) is 7.34. The van der Waals surface area contributed by atoms with Crippen LogP contribution in [0.5, 0.6) is 5.75 Å². The number of carbonyl (C=O) groups is 1. The minimum atomic E-state index is -0.170. The van der Waals surface area contributed by atoms with E-state index in [1.807, 2.05) is 38.3 Å². The number of amides is 1. The van der Waals surface area contributed by atoms with Crippen LogP contribution < -0.4 is 9.64 Å². The Labute approximate surface area is 155 Å². The van der Waals surface area contributed by atoms with Crippen LogP contribution in [-0.4, -0.2) is 28.0 Å². The molecule has 0 saturated heterocycles. The molecule has 1 aliphatic rings. The molecule has 0 saturated carbocycles. The van der Waals surface area contributed by atoms with Crippen molar-refractivity contribution < 1.29 is 9.53 Å². The number of hydrogen-bond acceptors (Lipinski definition) is 6. The predicted octanol–water partition coefficient (Wildman–Crippen LogP) is 3.95. The largest absolute Gasteiger partial charge is 0.495 e. The molecule has 0 N–H and O–H groups in total. The first-order valence-corrected chi connectivity index (χ1v) is 9.14. The van der Waals surface area contributed by atoms with E-state index >= 15 is 0 Å². The Morgan fingerprint density at radius 1 is 1.19 bits per heavy atom. The molecule has 1 atom stereocenters. The number of carbonyl (C=O) groups excluding carboxylic acids is 1. The van der Waals surface area contributed by atoms with E-state index in [4.69, 9.17) is 9.72 Å². The Hall–Kier alpha value is -2.80. The van der Waals surface area contributed by atoms with Crippen LogP contribution in [0.25, 0.3) is 11.3 Å². The van der Waals surface area contributed by atoms with Crippen molar-refractivity contribution in [2.75, 3.05) is 12.0 Å². The number of nitrogens with zero attached hydrogens (tertiary/aromatic N) is 4. The highest BCUT2D eigenvalue weighted by atomic mass is 32.1. The number of rotatable bonds is 3. The van der Waals surface area contributed by atoms with Gasteiger partial charge in [-0.25, -0.2) is 9.97 Å². The van der Waals surface area contributed by atoms with Crippen molar-refractivity contribution in [3.8, 4) is 17.0 Å². The van der Waals surface area contributed by atoms with Crippen LogP contribution in [0.3, 0.4) is 0 Å². The fourth-order valence-electron chi connectivity index (χ4n) is 3.28. The van der Waals surface area contributed by atoms with Crippen LogP contribution in [0.15, 0.2) is 29.9 Å². The van der Waals surface area contributed by atoms with E-state index in [-0.39, 0.29) is 11.9 Å². The highest BCUT2D eigenvalue weighted by molar-refractivity contribution is 7.09. The Kier molecular flexibility index (Phi) is 3.96. The smallest absolute Gasteiger partial charge is 0.262 e. The van der Waals surface area contributed by atoms with E-state index < -0.39 is 0 Å². The van der Waals surface area contributed by atoms with Gasteiger partial charge in [0.25, 0.3) is 5.91 Å². The highest BCUT2D eigenvalue weighted by Crippen LogP contribution is 2.39. The number of aromatic nitrogens is 3. The molecule has 1 aliphatic heterocycles. The summed E-state index contributed by atoms with van der Waals surface area (Å²) in [5.41, 5.74) is 3.99. The van der Waals surface area contributed by atoms with Crippen molar-refractivity contribution in [2.45, 2.75) is 26.8 Å². The Balaban J connectivity index is 1.81. The molecule has 7 heteroatoms. The quantitative estimate of drug-likeness (QED) is 0.702. The molecule has 26 heavy (non-hydrogen) atoms. The number of thiazole rings is 1. The van der Waals surface area contributed by atoms with E-state index in [2.05, 4.69) is 9.97 Å². The lowest BCUT2D eigenvalue weighted by Crippen LogP contribution is -2.26. The number of methoxy groups -OCH3 is 1. The molecule has 3 aromatic rings. The van der Waals surface area contributed by atoms with Gasteiger partial charge in [0.1, 0.15) is 11.6 Å². The normalized spacial score (nSPS) is 16.1. The number of anilines is 1. The first-order valence-electron chi connectivity index (χ1n) is 8.26. The average Bonchev–Trinajstić information content (AvgIpc) is 3.16. The fraction of sp³-hybridized carbons (Fsp3) is 0.263. The SMILES string of the molecule is COc1cncc(-c2cc(C)c3c(n2)C(C)N(c2csc(C)n2)C3=O)c1. The first kappa shape index (κ1) is 16.7. The highest BCUT2D eigenvalue weighted by Gasteiger charge is 2.39. The zero-order valence-electron chi connectivity index (χ0n) is 15.0. The lowest BCUT2D eigenvalue weighted by molar-refractivity contribution is 0.0991. The summed E-state index contributed by atoms with van der Waals surface area (Å²) in [6, 6.07) is 3.65. The van der Waals surface area contributed by atoms with Gasteiger partial charge in [0, 0.05) is 17.1 Å². The molecule has 0 fully saturated rings. The van der Waals surface area contributed by atoms with Crippen molar-refractivity contribution in [3.63, 3.8) is 0 Å². The molecule has 4 rings (SSSR count). The molecule has 4 heterocycles. The maximum absolute atomic E-state index is 13.0. The van der Waals surface area contributed by atoms with Gasteiger partial charge < -0.3 is 4.74 Å². The van der Waals surface area contributed by atoms with Crippen molar-refractivity contribution in [1.82, 2.24) is 15.0 Å². The van der Waals surface area contributed by atoms with Gasteiger partial charge in [0.15, 0.2) is 0 Å². The summed E-state index contributed by atoms with van der Waals surface area (Å²) in [6.45, 7) is 5.86. The Morgan fingerprint density at radius 2 is 2.00 bits per heavy atom. The molecule has 132 valence electrons. The zero-order chi connectivity index (χ0) is 18.4. The van der Waals surface area contributed by atoms with Crippen LogP contribution in [0.1, 0.15) is 39.6 Å². The monoisotopic (exact) mass is 366 g/mol. The average molecular weight is 366 g/mol. The van der Waals surface area contributed by atoms with E-state index in [1.54, 1.807) is 24.4 Å². The minimum absolute atomic E-state index is 0.0434. The summed E-state index contributed by atoms with van der Waals surface area (Å²) in [4.78, 5) is 28.2. The van der Waals surface area contributed by atoms with E-state index in [0.717, 1.165) is 27.5 Å². The molecule has 0 bridgehead atoms. The van der Waals surface area contributed by atoms with Gasteiger partial charge in [-0.3, -0.25) is 14.7 Å². The minimum Gasteiger partial charge on any atom is -0.495 e. The topological polar surface area (TPSA) is 68.2 Å². The van der Waals surface area contributed by atoms with Crippen molar-refractivity contribution in [3.05, 3.63) is 51.7 Å². The molecule has 6 nitrogen and oxygen atoms in total. The van der Waals surface area contributed by atoms with Crippen molar-refractivity contribution in [2.24, 2.45) is 0 Å². The second kappa shape index (κ2) is 6.17. The third-order valence-electron chi connectivity index (χ3n) is 4.56. The fourth-order valence-corrected chi connectivity index (χ4v) is 3.87. The molecular formula is C19H18N4O2S. The molecule has 0 spiro atoms. The maximum Gasteiger partial charge on any atom is 0.262 e. The first-order chi connectivity index (χ1) is 12.5. The number of pyridine rings is 2. The van der Waals surface area contributed by atoms with Crippen molar-refractivity contribution >= 4 is 23.1 Å². The van der Waals surface area contributed by atoms with Crippen LogP contribution in [0, 0.1) is 13.8 Å². The number of aryl methyl sites for hydroxylation is 2. The Morgan fingerprint density at radius 3 is 2.69 bits per heavy atom. The number of ether oxygens (including phenoxy) is 1. The third-order valence-corrected chi connectivity index (χ3v) is 5.32. The molecule has 0 radical (unpaired) electrons. The molecule has 1 unspecified atom stereocenters. The van der Waals surface area contributed by atoms with Crippen LogP contribution in [0.2, 0.25) is 0 Å². The van der Waals surface area contributed by atoms with Crippen LogP contribution in [0.4, 0.5) is 5.82 Å². The summed E-state index contributed by atoms with van der Waals surface area (Å²) in [7, 11) is 1.61. The molecule has 1 amide bonds. The Bertz CT molecular complexity index is 1010.